The van der Waals surface area contributed by atoms with Crippen molar-refractivity contribution in [2.75, 3.05) is 13.2 Å². The predicted octanol–water partition coefficient (Wildman–Crippen LogP) is 1.05. The first-order valence-electron chi connectivity index (χ1n) is 5.65. The lowest BCUT2D eigenvalue weighted by atomic mass is 10.2. The Labute approximate surface area is 92.6 Å². The maximum atomic E-state index is 10.6. The number of amides is 1. The average Bonchev–Trinajstić information content (AvgIpc) is 2.09. The maximum absolute atomic E-state index is 10.6. The number of ether oxygens (including phenoxy) is 1. The van der Waals surface area contributed by atoms with Crippen molar-refractivity contribution >= 4 is 5.91 Å². The Morgan fingerprint density at radius 1 is 1.33 bits per heavy atom. The highest BCUT2D eigenvalue weighted by atomic mass is 16.5. The van der Waals surface area contributed by atoms with E-state index in [4.69, 9.17) is 10.5 Å². The topological polar surface area (TPSA) is 64.4 Å². The summed E-state index contributed by atoms with van der Waals surface area (Å²) in [6.07, 6.45) is 2.83. The minimum absolute atomic E-state index is 0.175. The van der Waals surface area contributed by atoms with Crippen LogP contribution in [-0.4, -0.2) is 31.2 Å². The van der Waals surface area contributed by atoms with Crippen molar-refractivity contribution < 1.29 is 9.53 Å². The molecule has 3 N–H and O–H groups in total. The summed E-state index contributed by atoms with van der Waals surface area (Å²) in [5, 5.41) is 3.25. The molecule has 90 valence electrons. The molecule has 4 heteroatoms. The molecule has 1 atom stereocenters. The number of nitrogens with one attached hydrogen (secondary N) is 1. The first kappa shape index (κ1) is 14.4. The maximum Gasteiger partial charge on any atom is 0.218 e. The van der Waals surface area contributed by atoms with Crippen LogP contribution in [0.2, 0.25) is 0 Å². The van der Waals surface area contributed by atoms with Gasteiger partial charge in [-0.15, -0.1) is 0 Å². The van der Waals surface area contributed by atoms with Crippen LogP contribution >= 0.6 is 0 Å². The van der Waals surface area contributed by atoms with E-state index in [0.717, 1.165) is 26.0 Å². The largest absolute Gasteiger partial charge is 0.379 e. The van der Waals surface area contributed by atoms with Crippen molar-refractivity contribution in [1.82, 2.24) is 5.32 Å². The normalized spacial score (nSPS) is 13.1. The van der Waals surface area contributed by atoms with E-state index in [0.29, 0.717) is 12.5 Å². The van der Waals surface area contributed by atoms with Crippen LogP contribution < -0.4 is 11.1 Å². The highest BCUT2D eigenvalue weighted by Crippen LogP contribution is 1.95. The summed E-state index contributed by atoms with van der Waals surface area (Å²) >= 11 is 0. The Kier molecular flexibility index (Phi) is 8.33. The molecule has 0 aliphatic rings. The summed E-state index contributed by atoms with van der Waals surface area (Å²) in [5.74, 6) is -0.252. The van der Waals surface area contributed by atoms with Gasteiger partial charge in [-0.2, -0.15) is 0 Å². The minimum atomic E-state index is -0.252. The third-order valence-corrected chi connectivity index (χ3v) is 2.02. The summed E-state index contributed by atoms with van der Waals surface area (Å²) in [7, 11) is 0. The van der Waals surface area contributed by atoms with Crippen molar-refractivity contribution in [3.05, 3.63) is 0 Å². The summed E-state index contributed by atoms with van der Waals surface area (Å²) in [4.78, 5) is 10.6. The molecule has 0 spiro atoms. The zero-order chi connectivity index (χ0) is 11.7. The first-order valence-corrected chi connectivity index (χ1v) is 5.65. The van der Waals surface area contributed by atoms with Gasteiger partial charge in [-0.05, 0) is 40.2 Å². The number of hydrogen-bond donors (Lipinski definition) is 2. The van der Waals surface area contributed by atoms with Gasteiger partial charge in [0.15, 0.2) is 0 Å². The molecular formula is C11H24N2O2. The standard InChI is InChI=1S/C11H24N2O2/c1-9(2)15-7-5-4-6-13-10(3)8-11(12)14/h9-10,13H,4-8H2,1-3H3,(H2,12,14). The third kappa shape index (κ3) is 11.3. The van der Waals surface area contributed by atoms with Gasteiger partial charge in [-0.3, -0.25) is 4.79 Å². The lowest BCUT2D eigenvalue weighted by Gasteiger charge is -2.12. The van der Waals surface area contributed by atoms with Gasteiger partial charge in [0.25, 0.3) is 0 Å². The van der Waals surface area contributed by atoms with Gasteiger partial charge in [0.2, 0.25) is 5.91 Å². The van der Waals surface area contributed by atoms with Crippen LogP contribution in [0.4, 0.5) is 0 Å². The number of unbranched alkanes of at least 4 members (excludes halogenated alkanes) is 1. The van der Waals surface area contributed by atoms with Crippen molar-refractivity contribution in [2.24, 2.45) is 5.73 Å². The quantitative estimate of drug-likeness (QED) is 0.566. The van der Waals surface area contributed by atoms with Crippen molar-refractivity contribution in [3.63, 3.8) is 0 Å². The molecule has 0 bridgehead atoms. The second kappa shape index (κ2) is 8.68. The number of primary amides is 1. The average molecular weight is 216 g/mol. The lowest BCUT2D eigenvalue weighted by Crippen LogP contribution is -2.31. The highest BCUT2D eigenvalue weighted by molar-refractivity contribution is 5.74. The third-order valence-electron chi connectivity index (χ3n) is 2.02. The second-order valence-corrected chi connectivity index (χ2v) is 4.15. The summed E-state index contributed by atoms with van der Waals surface area (Å²) in [6.45, 7) is 7.76. The van der Waals surface area contributed by atoms with Crippen LogP contribution in [0.5, 0.6) is 0 Å². The molecule has 0 radical (unpaired) electrons. The Bertz CT molecular complexity index is 172. The van der Waals surface area contributed by atoms with E-state index in [1.807, 2.05) is 20.8 Å². The van der Waals surface area contributed by atoms with E-state index in [2.05, 4.69) is 5.32 Å². The van der Waals surface area contributed by atoms with E-state index in [-0.39, 0.29) is 11.9 Å². The van der Waals surface area contributed by atoms with Crippen molar-refractivity contribution in [2.45, 2.75) is 52.2 Å². The van der Waals surface area contributed by atoms with E-state index in [1.54, 1.807) is 0 Å². The molecule has 0 aliphatic heterocycles. The number of carbonyl (C=O) groups excluding carboxylic acids is 1. The van der Waals surface area contributed by atoms with Crippen LogP contribution in [-0.2, 0) is 9.53 Å². The van der Waals surface area contributed by atoms with Crippen LogP contribution in [0.15, 0.2) is 0 Å². The molecule has 15 heavy (non-hydrogen) atoms. The number of nitrogens with two attached hydrogens (primary N) is 1. The van der Waals surface area contributed by atoms with Crippen LogP contribution in [0, 0.1) is 0 Å². The van der Waals surface area contributed by atoms with E-state index in [9.17, 15) is 4.79 Å². The molecule has 0 aromatic carbocycles. The highest BCUT2D eigenvalue weighted by Gasteiger charge is 2.03. The molecule has 0 saturated carbocycles. The summed E-state index contributed by atoms with van der Waals surface area (Å²) in [5.41, 5.74) is 5.08. The van der Waals surface area contributed by atoms with Gasteiger partial charge >= 0.3 is 0 Å². The van der Waals surface area contributed by atoms with Gasteiger partial charge < -0.3 is 15.8 Å². The van der Waals surface area contributed by atoms with E-state index >= 15 is 0 Å². The molecule has 1 unspecified atom stereocenters. The fourth-order valence-corrected chi connectivity index (χ4v) is 1.27. The SMILES string of the molecule is CC(CC(N)=O)NCCCCOC(C)C. The van der Waals surface area contributed by atoms with Crippen molar-refractivity contribution in [3.8, 4) is 0 Å². The zero-order valence-corrected chi connectivity index (χ0v) is 10.1. The Morgan fingerprint density at radius 3 is 2.53 bits per heavy atom. The molecule has 0 saturated heterocycles. The van der Waals surface area contributed by atoms with E-state index < -0.39 is 0 Å². The van der Waals surface area contributed by atoms with E-state index in [1.165, 1.54) is 0 Å². The van der Waals surface area contributed by atoms with Gasteiger partial charge in [-0.1, -0.05) is 0 Å². The number of hydrogen-bond acceptors (Lipinski definition) is 3. The Hall–Kier alpha value is -0.610. The summed E-state index contributed by atoms with van der Waals surface area (Å²) in [6, 6.07) is 0.175. The molecule has 0 fully saturated rings. The first-order chi connectivity index (χ1) is 7.02. The molecule has 0 aromatic rings. The number of carbonyl (C=O) groups is 1. The fraction of sp³-hybridized carbons (Fsp3) is 0.909. The number of rotatable bonds is 9. The van der Waals surface area contributed by atoms with Crippen LogP contribution in [0.25, 0.3) is 0 Å². The molecular weight excluding hydrogens is 192 g/mol. The second-order valence-electron chi connectivity index (χ2n) is 4.15. The van der Waals surface area contributed by atoms with Crippen LogP contribution in [0.1, 0.15) is 40.0 Å². The van der Waals surface area contributed by atoms with Gasteiger partial charge in [0.1, 0.15) is 0 Å². The molecule has 4 nitrogen and oxygen atoms in total. The predicted molar refractivity (Wildman–Crippen MR) is 61.6 cm³/mol. The van der Waals surface area contributed by atoms with Gasteiger partial charge in [-0.25, -0.2) is 0 Å². The van der Waals surface area contributed by atoms with Gasteiger partial charge in [0.05, 0.1) is 6.10 Å². The molecule has 0 aromatic heterocycles. The monoisotopic (exact) mass is 216 g/mol. The molecule has 0 heterocycles. The Balaban J connectivity index is 3.20. The Morgan fingerprint density at radius 2 is 2.00 bits per heavy atom. The summed E-state index contributed by atoms with van der Waals surface area (Å²) < 4.78 is 5.41. The molecule has 1 amide bonds. The molecule has 0 rings (SSSR count). The van der Waals surface area contributed by atoms with Gasteiger partial charge in [0, 0.05) is 19.1 Å². The lowest BCUT2D eigenvalue weighted by molar-refractivity contribution is -0.118. The van der Waals surface area contributed by atoms with Crippen molar-refractivity contribution in [1.29, 1.82) is 0 Å². The fourth-order valence-electron chi connectivity index (χ4n) is 1.27. The minimum Gasteiger partial charge on any atom is -0.379 e. The zero-order valence-electron chi connectivity index (χ0n) is 10.1. The molecule has 0 aliphatic carbocycles. The van der Waals surface area contributed by atoms with Crippen LogP contribution in [0.3, 0.4) is 0 Å². The smallest absolute Gasteiger partial charge is 0.218 e.